The Bertz CT molecular complexity index is 575. The van der Waals surface area contributed by atoms with Crippen molar-refractivity contribution in [2.75, 3.05) is 19.0 Å². The zero-order valence-corrected chi connectivity index (χ0v) is 13.4. The molecule has 110 valence electrons. The lowest BCUT2D eigenvalue weighted by molar-refractivity contribution is 0.182. The van der Waals surface area contributed by atoms with E-state index in [9.17, 15) is 0 Å². The summed E-state index contributed by atoms with van der Waals surface area (Å²) >= 11 is 1.38. The number of methoxy groups -OCH3 is 1. The second-order valence-corrected chi connectivity index (χ2v) is 5.75. The van der Waals surface area contributed by atoms with Crippen LogP contribution in [-0.2, 0) is 11.3 Å². The molecule has 2 rings (SSSR count). The number of hydrogen-bond acceptors (Lipinski definition) is 6. The molecule has 2 aromatic rings. The fourth-order valence-corrected chi connectivity index (χ4v) is 2.61. The largest absolute Gasteiger partial charge is 0.383 e. The minimum Gasteiger partial charge on any atom is -0.383 e. The SMILES string of the molecule is COCCn1nc(C)c(Nc2nc(C(C)C)ns2)c1C. The third kappa shape index (κ3) is 3.16. The average molecular weight is 295 g/mol. The maximum atomic E-state index is 5.10. The molecule has 0 spiro atoms. The molecule has 0 saturated carbocycles. The normalized spacial score (nSPS) is 11.3. The molecule has 6 nitrogen and oxygen atoms in total. The number of rotatable bonds is 6. The van der Waals surface area contributed by atoms with Gasteiger partial charge in [0.05, 0.1) is 30.2 Å². The van der Waals surface area contributed by atoms with Gasteiger partial charge in [-0.15, -0.1) is 0 Å². The van der Waals surface area contributed by atoms with Gasteiger partial charge in [0.25, 0.3) is 0 Å². The quantitative estimate of drug-likeness (QED) is 0.887. The van der Waals surface area contributed by atoms with Crippen LogP contribution < -0.4 is 5.32 Å². The van der Waals surface area contributed by atoms with E-state index in [2.05, 4.69) is 33.6 Å². The van der Waals surface area contributed by atoms with E-state index in [0.717, 1.165) is 34.6 Å². The highest BCUT2D eigenvalue weighted by molar-refractivity contribution is 7.09. The number of nitrogens with one attached hydrogen (secondary N) is 1. The van der Waals surface area contributed by atoms with Crippen LogP contribution in [0.1, 0.15) is 37.0 Å². The first-order chi connectivity index (χ1) is 9.52. The molecule has 20 heavy (non-hydrogen) atoms. The third-order valence-electron chi connectivity index (χ3n) is 3.08. The van der Waals surface area contributed by atoms with Crippen LogP contribution in [0.25, 0.3) is 0 Å². The van der Waals surface area contributed by atoms with Gasteiger partial charge in [0.2, 0.25) is 5.13 Å². The minimum absolute atomic E-state index is 0.341. The van der Waals surface area contributed by atoms with E-state index < -0.39 is 0 Å². The Labute approximate surface area is 123 Å². The molecule has 0 unspecified atom stereocenters. The van der Waals surface area contributed by atoms with Crippen molar-refractivity contribution in [2.24, 2.45) is 0 Å². The predicted octanol–water partition coefficient (Wildman–Crippen LogP) is 2.86. The Morgan fingerprint density at radius 3 is 2.70 bits per heavy atom. The first-order valence-electron chi connectivity index (χ1n) is 6.66. The Kier molecular flexibility index (Phi) is 4.72. The number of aryl methyl sites for hydroxylation is 1. The Morgan fingerprint density at radius 1 is 1.35 bits per heavy atom. The van der Waals surface area contributed by atoms with Crippen molar-refractivity contribution < 1.29 is 4.74 Å². The van der Waals surface area contributed by atoms with E-state index >= 15 is 0 Å². The number of ether oxygens (including phenoxy) is 1. The molecule has 0 radical (unpaired) electrons. The van der Waals surface area contributed by atoms with Gasteiger partial charge in [-0.1, -0.05) is 13.8 Å². The Hall–Kier alpha value is -1.47. The lowest BCUT2D eigenvalue weighted by Gasteiger charge is -2.05. The number of aromatic nitrogens is 4. The van der Waals surface area contributed by atoms with Crippen molar-refractivity contribution in [3.63, 3.8) is 0 Å². The fraction of sp³-hybridized carbons (Fsp3) is 0.615. The molecule has 0 atom stereocenters. The van der Waals surface area contributed by atoms with E-state index in [4.69, 9.17) is 4.74 Å². The summed E-state index contributed by atoms with van der Waals surface area (Å²) in [4.78, 5) is 4.49. The van der Waals surface area contributed by atoms with Gasteiger partial charge in [0.1, 0.15) is 5.82 Å². The Morgan fingerprint density at radius 2 is 2.10 bits per heavy atom. The van der Waals surface area contributed by atoms with Crippen LogP contribution >= 0.6 is 11.5 Å². The molecule has 2 aromatic heterocycles. The molecule has 0 aliphatic rings. The van der Waals surface area contributed by atoms with Gasteiger partial charge in [-0.3, -0.25) is 4.68 Å². The summed E-state index contributed by atoms with van der Waals surface area (Å²) < 4.78 is 11.4. The van der Waals surface area contributed by atoms with E-state index in [1.54, 1.807) is 7.11 Å². The molecule has 0 aromatic carbocycles. The first-order valence-corrected chi connectivity index (χ1v) is 7.43. The molecule has 0 bridgehead atoms. The van der Waals surface area contributed by atoms with Crippen molar-refractivity contribution in [2.45, 2.75) is 40.2 Å². The molecule has 0 fully saturated rings. The van der Waals surface area contributed by atoms with Crippen LogP contribution in [0.4, 0.5) is 10.8 Å². The van der Waals surface area contributed by atoms with Gasteiger partial charge in [-0.05, 0) is 13.8 Å². The van der Waals surface area contributed by atoms with E-state index in [-0.39, 0.29) is 0 Å². The van der Waals surface area contributed by atoms with Crippen LogP contribution in [0.3, 0.4) is 0 Å². The van der Waals surface area contributed by atoms with Crippen molar-refractivity contribution in [1.29, 1.82) is 0 Å². The van der Waals surface area contributed by atoms with Crippen molar-refractivity contribution in [3.8, 4) is 0 Å². The molecule has 0 amide bonds. The molecular weight excluding hydrogens is 274 g/mol. The lowest BCUT2D eigenvalue weighted by atomic mass is 10.2. The smallest absolute Gasteiger partial charge is 0.207 e. The zero-order chi connectivity index (χ0) is 14.7. The first kappa shape index (κ1) is 14.9. The molecule has 2 heterocycles. The average Bonchev–Trinajstić information content (AvgIpc) is 2.97. The maximum Gasteiger partial charge on any atom is 0.207 e. The highest BCUT2D eigenvalue weighted by Crippen LogP contribution is 2.26. The van der Waals surface area contributed by atoms with Gasteiger partial charge in [0, 0.05) is 24.6 Å². The van der Waals surface area contributed by atoms with Crippen molar-refractivity contribution in [1.82, 2.24) is 19.1 Å². The summed E-state index contributed by atoms with van der Waals surface area (Å²) in [7, 11) is 1.69. The summed E-state index contributed by atoms with van der Waals surface area (Å²) in [5.74, 6) is 1.22. The van der Waals surface area contributed by atoms with Gasteiger partial charge in [0.15, 0.2) is 0 Å². The van der Waals surface area contributed by atoms with Gasteiger partial charge >= 0.3 is 0 Å². The predicted molar refractivity (Wildman–Crippen MR) is 80.9 cm³/mol. The van der Waals surface area contributed by atoms with E-state index in [1.807, 2.05) is 18.5 Å². The van der Waals surface area contributed by atoms with Crippen LogP contribution in [0.5, 0.6) is 0 Å². The monoisotopic (exact) mass is 295 g/mol. The number of nitrogens with zero attached hydrogens (tertiary/aromatic N) is 4. The lowest BCUT2D eigenvalue weighted by Crippen LogP contribution is -2.07. The molecule has 7 heteroatoms. The molecule has 0 aliphatic carbocycles. The minimum atomic E-state index is 0.341. The molecular formula is C13H21N5OS. The number of anilines is 2. The highest BCUT2D eigenvalue weighted by atomic mass is 32.1. The second-order valence-electron chi connectivity index (χ2n) is 5.00. The van der Waals surface area contributed by atoms with Crippen molar-refractivity contribution >= 4 is 22.4 Å². The van der Waals surface area contributed by atoms with Crippen molar-refractivity contribution in [3.05, 3.63) is 17.2 Å². The van der Waals surface area contributed by atoms with E-state index in [0.29, 0.717) is 12.5 Å². The Balaban J connectivity index is 2.17. The van der Waals surface area contributed by atoms with Crippen LogP contribution in [0.15, 0.2) is 0 Å². The second kappa shape index (κ2) is 6.32. The third-order valence-corrected chi connectivity index (χ3v) is 3.72. The molecule has 1 N–H and O–H groups in total. The highest BCUT2D eigenvalue weighted by Gasteiger charge is 2.14. The number of hydrogen-bond donors (Lipinski definition) is 1. The van der Waals surface area contributed by atoms with E-state index in [1.165, 1.54) is 11.5 Å². The van der Waals surface area contributed by atoms with Gasteiger partial charge in [-0.25, -0.2) is 4.98 Å². The molecule has 0 aliphatic heterocycles. The van der Waals surface area contributed by atoms with Crippen LogP contribution in [0.2, 0.25) is 0 Å². The van der Waals surface area contributed by atoms with Crippen LogP contribution in [0, 0.1) is 13.8 Å². The van der Waals surface area contributed by atoms with Gasteiger partial charge in [-0.2, -0.15) is 9.47 Å². The molecule has 0 saturated heterocycles. The van der Waals surface area contributed by atoms with Crippen LogP contribution in [-0.4, -0.2) is 32.9 Å². The standard InChI is InChI=1S/C13H21N5OS/c1-8(2)12-15-13(20-17-12)14-11-9(3)16-18(10(11)4)6-7-19-5/h8H,6-7H2,1-5H3,(H,14,15,17). The topological polar surface area (TPSA) is 64.9 Å². The van der Waals surface area contributed by atoms with Gasteiger partial charge < -0.3 is 10.1 Å². The summed E-state index contributed by atoms with van der Waals surface area (Å²) in [6, 6.07) is 0. The maximum absolute atomic E-state index is 5.10. The summed E-state index contributed by atoms with van der Waals surface area (Å²) in [6.45, 7) is 9.61. The summed E-state index contributed by atoms with van der Waals surface area (Å²) in [5, 5.41) is 8.66. The fourth-order valence-electron chi connectivity index (χ4n) is 1.90. The summed E-state index contributed by atoms with van der Waals surface area (Å²) in [6.07, 6.45) is 0. The summed E-state index contributed by atoms with van der Waals surface area (Å²) in [5.41, 5.74) is 3.05. The zero-order valence-electron chi connectivity index (χ0n) is 12.6.